The van der Waals surface area contributed by atoms with E-state index < -0.39 is 6.03 Å². The molecule has 0 radical (unpaired) electrons. The Bertz CT molecular complexity index is 724. The molecule has 114 valence electrons. The maximum absolute atomic E-state index is 11.8. The van der Waals surface area contributed by atoms with Gasteiger partial charge in [0.15, 0.2) is 0 Å². The van der Waals surface area contributed by atoms with Crippen molar-refractivity contribution in [2.45, 2.75) is 13.0 Å². The molecule has 2 aromatic rings. The summed E-state index contributed by atoms with van der Waals surface area (Å²) in [5, 5.41) is 12.0. The first-order valence-corrected chi connectivity index (χ1v) is 6.92. The predicted octanol–water partition coefficient (Wildman–Crippen LogP) is 0.423. The van der Waals surface area contributed by atoms with Gasteiger partial charge in [-0.15, -0.1) is 5.10 Å². The minimum Gasteiger partial charge on any atom is -0.352 e. The van der Waals surface area contributed by atoms with Gasteiger partial charge in [-0.1, -0.05) is 12.1 Å². The summed E-state index contributed by atoms with van der Waals surface area (Å²) >= 11 is 0. The van der Waals surface area contributed by atoms with Crippen molar-refractivity contribution in [2.24, 2.45) is 7.05 Å². The number of rotatable bonds is 3. The quantitative estimate of drug-likeness (QED) is 0.764. The predicted molar refractivity (Wildman–Crippen MR) is 79.3 cm³/mol. The van der Waals surface area contributed by atoms with Gasteiger partial charge in [-0.3, -0.25) is 14.8 Å². The van der Waals surface area contributed by atoms with E-state index in [2.05, 4.69) is 26.0 Å². The van der Waals surface area contributed by atoms with Crippen LogP contribution in [0.4, 0.5) is 10.7 Å². The minimum atomic E-state index is -0.395. The third-order valence-corrected chi connectivity index (χ3v) is 3.38. The normalized spacial score (nSPS) is 13.2. The van der Waals surface area contributed by atoms with Crippen LogP contribution in [-0.4, -0.2) is 33.2 Å². The zero-order valence-corrected chi connectivity index (χ0v) is 12.1. The van der Waals surface area contributed by atoms with Crippen LogP contribution in [0.1, 0.15) is 21.5 Å². The van der Waals surface area contributed by atoms with Crippen LogP contribution in [0.25, 0.3) is 0 Å². The zero-order chi connectivity index (χ0) is 15.5. The van der Waals surface area contributed by atoms with E-state index in [4.69, 9.17) is 0 Å². The Kier molecular flexibility index (Phi) is 3.73. The van der Waals surface area contributed by atoms with Crippen LogP contribution in [0.3, 0.4) is 0 Å². The fourth-order valence-corrected chi connectivity index (χ4v) is 2.29. The molecule has 0 saturated heterocycles. The van der Waals surface area contributed by atoms with Crippen LogP contribution >= 0.6 is 0 Å². The van der Waals surface area contributed by atoms with Crippen molar-refractivity contribution in [3.05, 3.63) is 41.2 Å². The zero-order valence-electron chi connectivity index (χ0n) is 12.1. The summed E-state index contributed by atoms with van der Waals surface area (Å²) in [7, 11) is 1.72. The van der Waals surface area contributed by atoms with Crippen molar-refractivity contribution < 1.29 is 9.59 Å². The Morgan fingerprint density at radius 2 is 2.32 bits per heavy atom. The highest BCUT2D eigenvalue weighted by Crippen LogP contribution is 2.15. The van der Waals surface area contributed by atoms with Crippen LogP contribution in [0, 0.1) is 0 Å². The lowest BCUT2D eigenvalue weighted by molar-refractivity contribution is 0.0946. The Balaban J connectivity index is 1.60. The molecule has 3 rings (SSSR count). The van der Waals surface area contributed by atoms with E-state index in [1.165, 1.54) is 11.0 Å². The number of aromatic nitrogens is 3. The van der Waals surface area contributed by atoms with E-state index in [9.17, 15) is 9.59 Å². The number of urea groups is 1. The Labute approximate surface area is 126 Å². The van der Waals surface area contributed by atoms with Gasteiger partial charge in [0.2, 0.25) is 5.95 Å². The maximum Gasteiger partial charge on any atom is 0.321 e. The number of aryl methyl sites for hydroxylation is 1. The van der Waals surface area contributed by atoms with Gasteiger partial charge in [0.1, 0.15) is 6.33 Å². The summed E-state index contributed by atoms with van der Waals surface area (Å²) in [6, 6.07) is 5.26. The molecule has 8 heteroatoms. The SMILES string of the molecule is Cn1cnc(NC(=O)NCc2ccc3c(c2)C(=O)NCC3)n1. The lowest BCUT2D eigenvalue weighted by Crippen LogP contribution is -2.32. The lowest BCUT2D eigenvalue weighted by Gasteiger charge is -2.17. The highest BCUT2D eigenvalue weighted by molar-refractivity contribution is 5.96. The highest BCUT2D eigenvalue weighted by Gasteiger charge is 2.16. The van der Waals surface area contributed by atoms with Crippen molar-refractivity contribution in [2.75, 3.05) is 11.9 Å². The molecule has 0 spiro atoms. The summed E-state index contributed by atoms with van der Waals surface area (Å²) in [5.74, 6) is 0.176. The van der Waals surface area contributed by atoms with Gasteiger partial charge in [0.05, 0.1) is 0 Å². The molecule has 0 saturated carbocycles. The molecule has 0 aliphatic carbocycles. The molecule has 3 amide bonds. The number of carbonyl (C=O) groups excluding carboxylic acids is 2. The second kappa shape index (κ2) is 5.84. The number of hydrogen-bond donors (Lipinski definition) is 3. The van der Waals surface area contributed by atoms with Crippen molar-refractivity contribution in [1.29, 1.82) is 0 Å². The molecule has 0 unspecified atom stereocenters. The number of hydrogen-bond acceptors (Lipinski definition) is 4. The molecule has 1 aliphatic rings. The van der Waals surface area contributed by atoms with E-state index in [1.807, 2.05) is 18.2 Å². The Morgan fingerprint density at radius 1 is 1.45 bits per heavy atom. The molecule has 0 fully saturated rings. The van der Waals surface area contributed by atoms with Gasteiger partial charge in [-0.25, -0.2) is 9.78 Å². The van der Waals surface area contributed by atoms with Crippen molar-refractivity contribution in [3.63, 3.8) is 0 Å². The average Bonchev–Trinajstić information content (AvgIpc) is 2.91. The fourth-order valence-electron chi connectivity index (χ4n) is 2.29. The fraction of sp³-hybridized carbons (Fsp3) is 0.286. The Morgan fingerprint density at radius 3 is 3.09 bits per heavy atom. The highest BCUT2D eigenvalue weighted by atomic mass is 16.2. The van der Waals surface area contributed by atoms with Crippen LogP contribution in [0.2, 0.25) is 0 Å². The number of carbonyl (C=O) groups is 2. The van der Waals surface area contributed by atoms with Crippen LogP contribution in [0.15, 0.2) is 24.5 Å². The topological polar surface area (TPSA) is 101 Å². The number of fused-ring (bicyclic) bond motifs is 1. The number of anilines is 1. The van der Waals surface area contributed by atoms with Crippen LogP contribution in [-0.2, 0) is 20.0 Å². The number of nitrogens with one attached hydrogen (secondary N) is 3. The van der Waals surface area contributed by atoms with Gasteiger partial charge in [-0.2, -0.15) is 0 Å². The summed E-state index contributed by atoms with van der Waals surface area (Å²) in [5.41, 5.74) is 2.58. The monoisotopic (exact) mass is 300 g/mol. The molecule has 22 heavy (non-hydrogen) atoms. The average molecular weight is 300 g/mol. The molecule has 0 bridgehead atoms. The molecule has 2 heterocycles. The van der Waals surface area contributed by atoms with Crippen molar-refractivity contribution in [3.8, 4) is 0 Å². The van der Waals surface area contributed by atoms with Crippen LogP contribution in [0.5, 0.6) is 0 Å². The van der Waals surface area contributed by atoms with Crippen molar-refractivity contribution >= 4 is 17.9 Å². The van der Waals surface area contributed by atoms with Crippen LogP contribution < -0.4 is 16.0 Å². The second-order valence-corrected chi connectivity index (χ2v) is 5.05. The molecular weight excluding hydrogens is 284 g/mol. The van der Waals surface area contributed by atoms with E-state index in [1.54, 1.807) is 7.05 Å². The summed E-state index contributed by atoms with van der Waals surface area (Å²) in [6.07, 6.45) is 2.33. The van der Waals surface area contributed by atoms with E-state index >= 15 is 0 Å². The van der Waals surface area contributed by atoms with Gasteiger partial charge in [-0.05, 0) is 23.6 Å². The first-order chi connectivity index (χ1) is 10.6. The van der Waals surface area contributed by atoms with E-state index in [-0.39, 0.29) is 11.9 Å². The number of amides is 3. The maximum atomic E-state index is 11.8. The van der Waals surface area contributed by atoms with Gasteiger partial charge in [0, 0.05) is 25.7 Å². The third-order valence-electron chi connectivity index (χ3n) is 3.38. The van der Waals surface area contributed by atoms with E-state index in [0.29, 0.717) is 18.7 Å². The molecule has 1 aliphatic heterocycles. The van der Waals surface area contributed by atoms with E-state index in [0.717, 1.165) is 17.5 Å². The molecular formula is C14H16N6O2. The second-order valence-electron chi connectivity index (χ2n) is 5.05. The minimum absolute atomic E-state index is 0.0646. The summed E-state index contributed by atoms with van der Waals surface area (Å²) in [6.45, 7) is 0.988. The van der Waals surface area contributed by atoms with Gasteiger partial charge >= 0.3 is 6.03 Å². The van der Waals surface area contributed by atoms with Crippen molar-refractivity contribution in [1.82, 2.24) is 25.4 Å². The van der Waals surface area contributed by atoms with Gasteiger partial charge < -0.3 is 10.6 Å². The lowest BCUT2D eigenvalue weighted by atomic mass is 9.98. The largest absolute Gasteiger partial charge is 0.352 e. The number of benzene rings is 1. The molecule has 0 atom stereocenters. The standard InChI is InChI=1S/C14H16N6O2/c1-20-8-17-13(19-20)18-14(22)16-7-9-2-3-10-4-5-15-12(21)11(10)6-9/h2-3,6,8H,4-5,7H2,1H3,(H,15,21)(H2,16,18,19,22). The summed E-state index contributed by atoms with van der Waals surface area (Å²) < 4.78 is 1.50. The van der Waals surface area contributed by atoms with Gasteiger partial charge in [0.25, 0.3) is 5.91 Å². The molecule has 8 nitrogen and oxygen atoms in total. The molecule has 3 N–H and O–H groups in total. The molecule has 1 aromatic heterocycles. The third kappa shape index (κ3) is 3.05. The Hall–Kier alpha value is -2.90. The summed E-state index contributed by atoms with van der Waals surface area (Å²) in [4.78, 5) is 27.5. The molecule has 1 aromatic carbocycles. The number of nitrogens with zero attached hydrogens (tertiary/aromatic N) is 3. The smallest absolute Gasteiger partial charge is 0.321 e. The first kappa shape index (κ1) is 14.1. The first-order valence-electron chi connectivity index (χ1n) is 6.92.